The summed E-state index contributed by atoms with van der Waals surface area (Å²) in [4.78, 5) is 21.1. The summed E-state index contributed by atoms with van der Waals surface area (Å²) in [6, 6.07) is 5.77. The van der Waals surface area contributed by atoms with Gasteiger partial charge < -0.3 is 10.4 Å². The van der Waals surface area contributed by atoms with Gasteiger partial charge in [-0.05, 0) is 31.4 Å². The van der Waals surface area contributed by atoms with Gasteiger partial charge in [-0.2, -0.15) is 0 Å². The quantitative estimate of drug-likeness (QED) is 0.616. The van der Waals surface area contributed by atoms with E-state index in [2.05, 4.69) is 5.32 Å². The number of carboxylic acids is 1. The number of non-ortho nitro benzene ring substituents is 1. The molecule has 0 atom stereocenters. The lowest BCUT2D eigenvalue weighted by Gasteiger charge is -2.39. The first-order valence-corrected chi connectivity index (χ1v) is 5.29. The third-order valence-corrected chi connectivity index (χ3v) is 3.08. The number of nitrogens with one attached hydrogen (secondary N) is 1. The van der Waals surface area contributed by atoms with Crippen molar-refractivity contribution in [2.45, 2.75) is 24.8 Å². The first-order valence-electron chi connectivity index (χ1n) is 5.29. The second kappa shape index (κ2) is 4.04. The zero-order valence-corrected chi connectivity index (χ0v) is 9.05. The number of benzene rings is 1. The van der Waals surface area contributed by atoms with Gasteiger partial charge in [0.05, 0.1) is 4.92 Å². The molecule has 0 bridgehead atoms. The van der Waals surface area contributed by atoms with Gasteiger partial charge in [-0.15, -0.1) is 0 Å². The van der Waals surface area contributed by atoms with Crippen LogP contribution < -0.4 is 5.32 Å². The third kappa shape index (κ3) is 2.06. The molecule has 1 fully saturated rings. The molecular formula is C11H12N2O4. The molecule has 0 aliphatic heterocycles. The van der Waals surface area contributed by atoms with E-state index in [4.69, 9.17) is 5.11 Å². The molecule has 0 heterocycles. The Balaban J connectivity index is 2.13. The van der Waals surface area contributed by atoms with Gasteiger partial charge in [0.2, 0.25) is 0 Å². The number of nitro benzene ring substituents is 1. The monoisotopic (exact) mass is 236 g/mol. The summed E-state index contributed by atoms with van der Waals surface area (Å²) < 4.78 is 0. The molecule has 0 spiro atoms. The minimum Gasteiger partial charge on any atom is -0.480 e. The van der Waals surface area contributed by atoms with Crippen LogP contribution in [0.1, 0.15) is 19.3 Å². The number of anilines is 1. The number of carboxylic acid groups (broad SMARTS) is 1. The van der Waals surface area contributed by atoms with E-state index >= 15 is 0 Å². The number of carbonyl (C=O) groups is 1. The van der Waals surface area contributed by atoms with Crippen LogP contribution in [0, 0.1) is 10.1 Å². The third-order valence-electron chi connectivity index (χ3n) is 3.08. The van der Waals surface area contributed by atoms with Crippen LogP contribution in [0.15, 0.2) is 24.3 Å². The average Bonchev–Trinajstić information content (AvgIpc) is 2.23. The lowest BCUT2D eigenvalue weighted by atomic mass is 9.76. The van der Waals surface area contributed by atoms with Crippen LogP contribution >= 0.6 is 0 Å². The minimum atomic E-state index is -0.893. The van der Waals surface area contributed by atoms with Crippen molar-refractivity contribution in [2.75, 3.05) is 5.32 Å². The molecule has 0 unspecified atom stereocenters. The van der Waals surface area contributed by atoms with Crippen LogP contribution in [0.25, 0.3) is 0 Å². The predicted octanol–water partition coefficient (Wildman–Crippen LogP) is 2.01. The van der Waals surface area contributed by atoms with Crippen molar-refractivity contribution in [3.05, 3.63) is 34.4 Å². The summed E-state index contributed by atoms with van der Waals surface area (Å²) in [6.45, 7) is 0. The smallest absolute Gasteiger partial charge is 0.329 e. The number of nitrogens with zero attached hydrogens (tertiary/aromatic N) is 1. The Kier molecular flexibility index (Phi) is 2.71. The highest BCUT2D eigenvalue weighted by atomic mass is 16.6. The molecule has 1 aliphatic carbocycles. The van der Waals surface area contributed by atoms with Crippen molar-refractivity contribution in [3.8, 4) is 0 Å². The Morgan fingerprint density at radius 1 is 1.35 bits per heavy atom. The highest BCUT2D eigenvalue weighted by Gasteiger charge is 2.44. The Hall–Kier alpha value is -2.11. The maximum atomic E-state index is 11.1. The topological polar surface area (TPSA) is 92.5 Å². The Morgan fingerprint density at radius 3 is 2.29 bits per heavy atom. The zero-order valence-electron chi connectivity index (χ0n) is 9.05. The fourth-order valence-electron chi connectivity index (χ4n) is 1.87. The predicted molar refractivity (Wildman–Crippen MR) is 60.9 cm³/mol. The SMILES string of the molecule is O=C(O)C1(Nc2ccc([N+](=O)[O-])cc2)CCC1. The van der Waals surface area contributed by atoms with Gasteiger partial charge in [0.1, 0.15) is 5.54 Å². The van der Waals surface area contributed by atoms with Gasteiger partial charge in [0, 0.05) is 17.8 Å². The van der Waals surface area contributed by atoms with E-state index in [0.717, 1.165) is 6.42 Å². The van der Waals surface area contributed by atoms with Crippen LogP contribution in [0.4, 0.5) is 11.4 Å². The molecule has 0 amide bonds. The van der Waals surface area contributed by atoms with Crippen LogP contribution in [-0.4, -0.2) is 21.5 Å². The molecule has 2 rings (SSSR count). The lowest BCUT2D eigenvalue weighted by molar-refractivity contribution is -0.384. The summed E-state index contributed by atoms with van der Waals surface area (Å²) in [5, 5.41) is 22.5. The van der Waals surface area contributed by atoms with Crippen LogP contribution in [0.3, 0.4) is 0 Å². The number of hydrogen-bond acceptors (Lipinski definition) is 4. The Labute approximate surface area is 97.4 Å². The molecule has 1 aromatic carbocycles. The molecule has 1 aromatic rings. The average molecular weight is 236 g/mol. The van der Waals surface area contributed by atoms with E-state index in [0.29, 0.717) is 18.5 Å². The summed E-state index contributed by atoms with van der Waals surface area (Å²) in [5.41, 5.74) is -0.304. The van der Waals surface area contributed by atoms with Crippen molar-refractivity contribution < 1.29 is 14.8 Å². The molecule has 90 valence electrons. The van der Waals surface area contributed by atoms with Crippen molar-refractivity contribution in [2.24, 2.45) is 0 Å². The molecule has 0 aromatic heterocycles. The molecule has 0 radical (unpaired) electrons. The van der Waals surface area contributed by atoms with E-state index in [1.54, 1.807) is 0 Å². The van der Waals surface area contributed by atoms with Crippen molar-refractivity contribution >= 4 is 17.3 Å². The standard InChI is InChI=1S/C11H12N2O4/c14-10(15)11(6-1-7-11)12-8-2-4-9(5-3-8)13(16)17/h2-5,12H,1,6-7H2,(H,14,15). The maximum Gasteiger partial charge on any atom is 0.329 e. The number of hydrogen-bond donors (Lipinski definition) is 2. The Bertz CT molecular complexity index is 451. The second-order valence-corrected chi connectivity index (χ2v) is 4.17. The zero-order chi connectivity index (χ0) is 12.5. The first-order chi connectivity index (χ1) is 8.03. The maximum absolute atomic E-state index is 11.1. The van der Waals surface area contributed by atoms with Gasteiger partial charge in [-0.1, -0.05) is 0 Å². The summed E-state index contributed by atoms with van der Waals surface area (Å²) in [5.74, 6) is -0.873. The molecule has 6 heteroatoms. The van der Waals surface area contributed by atoms with Crippen molar-refractivity contribution in [1.29, 1.82) is 0 Å². The van der Waals surface area contributed by atoms with Crippen molar-refractivity contribution in [3.63, 3.8) is 0 Å². The van der Waals surface area contributed by atoms with Gasteiger partial charge in [0.15, 0.2) is 0 Å². The number of nitro groups is 1. The van der Waals surface area contributed by atoms with E-state index in [-0.39, 0.29) is 5.69 Å². The van der Waals surface area contributed by atoms with E-state index in [1.165, 1.54) is 24.3 Å². The highest BCUT2D eigenvalue weighted by molar-refractivity contribution is 5.84. The molecular weight excluding hydrogens is 224 g/mol. The number of rotatable bonds is 4. The van der Waals surface area contributed by atoms with E-state index in [1.807, 2.05) is 0 Å². The van der Waals surface area contributed by atoms with E-state index in [9.17, 15) is 14.9 Å². The largest absolute Gasteiger partial charge is 0.480 e. The summed E-state index contributed by atoms with van der Waals surface area (Å²) in [7, 11) is 0. The van der Waals surface area contributed by atoms with E-state index < -0.39 is 16.4 Å². The molecule has 1 saturated carbocycles. The molecule has 2 N–H and O–H groups in total. The summed E-state index contributed by atoms with van der Waals surface area (Å²) >= 11 is 0. The van der Waals surface area contributed by atoms with Gasteiger partial charge >= 0.3 is 5.97 Å². The molecule has 1 aliphatic rings. The fraction of sp³-hybridized carbons (Fsp3) is 0.364. The Morgan fingerprint density at radius 2 is 1.94 bits per heavy atom. The molecule has 17 heavy (non-hydrogen) atoms. The van der Waals surface area contributed by atoms with Crippen LogP contribution in [0.5, 0.6) is 0 Å². The normalized spacial score (nSPS) is 16.9. The lowest BCUT2D eigenvalue weighted by Crippen LogP contribution is -2.52. The van der Waals surface area contributed by atoms with Gasteiger partial charge in [0.25, 0.3) is 5.69 Å². The van der Waals surface area contributed by atoms with Gasteiger partial charge in [-0.3, -0.25) is 10.1 Å². The highest BCUT2D eigenvalue weighted by Crippen LogP contribution is 2.35. The number of aliphatic carboxylic acids is 1. The fourth-order valence-corrected chi connectivity index (χ4v) is 1.87. The van der Waals surface area contributed by atoms with Gasteiger partial charge in [-0.25, -0.2) is 4.79 Å². The second-order valence-electron chi connectivity index (χ2n) is 4.17. The first kappa shape index (κ1) is 11.4. The van der Waals surface area contributed by atoms with Crippen LogP contribution in [0.2, 0.25) is 0 Å². The molecule has 6 nitrogen and oxygen atoms in total. The molecule has 0 saturated heterocycles. The van der Waals surface area contributed by atoms with Crippen molar-refractivity contribution in [1.82, 2.24) is 0 Å². The van der Waals surface area contributed by atoms with Crippen LogP contribution in [-0.2, 0) is 4.79 Å². The minimum absolute atomic E-state index is 0.00599. The summed E-state index contributed by atoms with van der Waals surface area (Å²) in [6.07, 6.45) is 2.05.